The summed E-state index contributed by atoms with van der Waals surface area (Å²) in [5.74, 6) is 0. The largest absolute Gasteiger partial charge is 0.522 e. The van der Waals surface area contributed by atoms with Gasteiger partial charge in [-0.15, -0.1) is 0 Å². The molecular weight excluding hydrogens is 227 g/mol. The third kappa shape index (κ3) is 8.21. The minimum Gasteiger partial charge on any atom is -0.320 e. The Morgan fingerprint density at radius 3 is 1.46 bits per heavy atom. The number of alkyl halides is 3. The smallest absolute Gasteiger partial charge is 0.320 e. The zero-order chi connectivity index (χ0) is 11.3. The van der Waals surface area contributed by atoms with Crippen molar-refractivity contribution in [2.24, 2.45) is 0 Å². The van der Waals surface area contributed by atoms with Crippen LogP contribution in [0.2, 0.25) is 0 Å². The number of nitrogens with zero attached hydrogens (tertiary/aromatic N) is 1. The normalized spacial score (nSPS) is 12.5. The van der Waals surface area contributed by atoms with E-state index in [0.717, 1.165) is 0 Å². The van der Waals surface area contributed by atoms with Gasteiger partial charge in [-0.3, -0.25) is 0 Å². The van der Waals surface area contributed by atoms with Gasteiger partial charge in [0, 0.05) is 0 Å². The van der Waals surface area contributed by atoms with E-state index in [9.17, 15) is 21.6 Å². The molecule has 0 heterocycles. The number of hydrogen-bond acceptors (Lipinski definition) is 4. The maximum atomic E-state index is 11.1. The van der Waals surface area contributed by atoms with Crippen molar-refractivity contribution in [1.29, 1.82) is 0 Å². The molecule has 0 N–H and O–H groups in total. The standard InChI is InChI=1S/C3H9N.CH3F3O3SSi/c1-4(2)3;2-1(3,4)8(5,6)7-9/h1-3H3;9H3. The van der Waals surface area contributed by atoms with Gasteiger partial charge in [-0.2, -0.15) is 21.6 Å². The lowest BCUT2D eigenvalue weighted by Crippen LogP contribution is -2.24. The molecule has 82 valence electrons. The maximum absolute atomic E-state index is 11.1. The molecule has 0 aliphatic rings. The summed E-state index contributed by atoms with van der Waals surface area (Å²) in [6.07, 6.45) is 0. The average molecular weight is 239 g/mol. The van der Waals surface area contributed by atoms with Crippen LogP contribution < -0.4 is 0 Å². The lowest BCUT2D eigenvalue weighted by Gasteiger charge is -2.03. The Hall–Kier alpha value is -0.123. The average Bonchev–Trinajstić information content (AvgIpc) is 1.84. The lowest BCUT2D eigenvalue weighted by atomic mass is 11.0. The van der Waals surface area contributed by atoms with Gasteiger partial charge >= 0.3 is 15.6 Å². The van der Waals surface area contributed by atoms with Crippen LogP contribution in [0.5, 0.6) is 0 Å². The summed E-state index contributed by atoms with van der Waals surface area (Å²) in [4.78, 5) is 2.00. The number of rotatable bonds is 1. The predicted octanol–water partition coefficient (Wildman–Crippen LogP) is -0.689. The van der Waals surface area contributed by atoms with E-state index in [2.05, 4.69) is 3.87 Å². The van der Waals surface area contributed by atoms with Gasteiger partial charge in [0.2, 0.25) is 0 Å². The first-order valence-corrected chi connectivity index (χ1v) is 5.25. The maximum Gasteiger partial charge on any atom is 0.522 e. The van der Waals surface area contributed by atoms with E-state index >= 15 is 0 Å². The summed E-state index contributed by atoms with van der Waals surface area (Å²) in [6.45, 7) is 0. The van der Waals surface area contributed by atoms with Crippen molar-refractivity contribution in [3.05, 3.63) is 0 Å². The van der Waals surface area contributed by atoms with Gasteiger partial charge in [-0.1, -0.05) is 0 Å². The molecule has 0 amide bonds. The van der Waals surface area contributed by atoms with E-state index in [-0.39, 0.29) is 0 Å². The SMILES string of the molecule is CN(C)C.O=S(=O)(O[SiH3])C(F)(F)F. The first-order chi connectivity index (χ1) is 5.54. The molecule has 0 aromatic heterocycles. The zero-order valence-electron chi connectivity index (χ0n) is 7.71. The molecule has 0 aliphatic carbocycles. The van der Waals surface area contributed by atoms with Crippen LogP contribution in [0, 0.1) is 0 Å². The van der Waals surface area contributed by atoms with Gasteiger partial charge in [-0.05, 0) is 21.1 Å². The van der Waals surface area contributed by atoms with Crippen LogP contribution in [0.25, 0.3) is 0 Å². The van der Waals surface area contributed by atoms with Crippen molar-refractivity contribution in [1.82, 2.24) is 4.90 Å². The first kappa shape index (κ1) is 15.4. The molecule has 0 unspecified atom stereocenters. The highest BCUT2D eigenvalue weighted by Crippen LogP contribution is 2.23. The second-order valence-corrected chi connectivity index (χ2v) is 5.11. The van der Waals surface area contributed by atoms with Crippen molar-refractivity contribution in [3.63, 3.8) is 0 Å². The molecule has 0 spiro atoms. The van der Waals surface area contributed by atoms with Gasteiger partial charge in [0.25, 0.3) is 0 Å². The highest BCUT2D eigenvalue weighted by molar-refractivity contribution is 7.88. The van der Waals surface area contributed by atoms with Gasteiger partial charge in [0.05, 0.1) is 0 Å². The minimum atomic E-state index is -5.27. The zero-order valence-corrected chi connectivity index (χ0v) is 10.5. The van der Waals surface area contributed by atoms with Crippen LogP contribution in [0.4, 0.5) is 13.2 Å². The van der Waals surface area contributed by atoms with Crippen LogP contribution in [0.1, 0.15) is 0 Å². The van der Waals surface area contributed by atoms with E-state index in [0.29, 0.717) is 0 Å². The van der Waals surface area contributed by atoms with Crippen LogP contribution in [-0.4, -0.2) is 50.5 Å². The summed E-state index contributed by atoms with van der Waals surface area (Å²) in [5.41, 5.74) is -5.27. The van der Waals surface area contributed by atoms with E-state index in [1.165, 1.54) is 0 Å². The second-order valence-electron chi connectivity index (χ2n) is 2.41. The lowest BCUT2D eigenvalue weighted by molar-refractivity contribution is -0.0497. The molecule has 4 nitrogen and oxygen atoms in total. The van der Waals surface area contributed by atoms with Crippen molar-refractivity contribution in [2.75, 3.05) is 21.1 Å². The van der Waals surface area contributed by atoms with Crippen LogP contribution in [0.3, 0.4) is 0 Å². The molecule has 0 aromatic carbocycles. The molecule has 0 atom stereocenters. The van der Waals surface area contributed by atoms with E-state index in [4.69, 9.17) is 0 Å². The van der Waals surface area contributed by atoms with Crippen molar-refractivity contribution >= 4 is 20.6 Å². The molecule has 9 heteroatoms. The number of halogens is 3. The fourth-order valence-corrected chi connectivity index (χ4v) is 0.850. The Balaban J connectivity index is 0. The molecule has 0 saturated carbocycles. The Morgan fingerprint density at radius 2 is 1.46 bits per heavy atom. The molecule has 0 bridgehead atoms. The van der Waals surface area contributed by atoms with E-state index in [1.807, 2.05) is 26.0 Å². The fraction of sp³-hybridized carbons (Fsp3) is 1.00. The van der Waals surface area contributed by atoms with E-state index in [1.54, 1.807) is 0 Å². The van der Waals surface area contributed by atoms with Crippen molar-refractivity contribution in [3.8, 4) is 0 Å². The fourth-order valence-electron chi connectivity index (χ4n) is 0.0945. The summed E-state index contributed by atoms with van der Waals surface area (Å²) in [6, 6.07) is 0. The predicted molar refractivity (Wildman–Crippen MR) is 45.6 cm³/mol. The third-order valence-electron chi connectivity index (χ3n) is 0.503. The summed E-state index contributed by atoms with van der Waals surface area (Å²) >= 11 is 0. The molecule has 0 radical (unpaired) electrons. The summed E-state index contributed by atoms with van der Waals surface area (Å²) in [7, 11) is 0.246. The Kier molecular flexibility index (Phi) is 6.58. The Morgan fingerprint density at radius 1 is 1.23 bits per heavy atom. The molecule has 0 rings (SSSR count). The number of hydrogen-bond donors (Lipinski definition) is 0. The van der Waals surface area contributed by atoms with Crippen molar-refractivity contribution in [2.45, 2.75) is 5.51 Å². The quantitative estimate of drug-likeness (QED) is 0.449. The molecule has 0 aromatic rings. The topological polar surface area (TPSA) is 46.6 Å². The van der Waals surface area contributed by atoms with Crippen molar-refractivity contribution < 1.29 is 25.5 Å². The third-order valence-corrected chi connectivity index (χ3v) is 2.83. The summed E-state index contributed by atoms with van der Waals surface area (Å²) < 4.78 is 56.1. The molecule has 0 saturated heterocycles. The van der Waals surface area contributed by atoms with Crippen LogP contribution in [0.15, 0.2) is 0 Å². The highest BCUT2D eigenvalue weighted by atomic mass is 32.2. The van der Waals surface area contributed by atoms with E-state index < -0.39 is 26.1 Å². The highest BCUT2D eigenvalue weighted by Gasteiger charge is 2.45. The van der Waals surface area contributed by atoms with Crippen LogP contribution >= 0.6 is 0 Å². The van der Waals surface area contributed by atoms with Gasteiger partial charge in [0.1, 0.15) is 0 Å². The minimum absolute atomic E-state index is 0.480. The molecule has 0 aliphatic heterocycles. The summed E-state index contributed by atoms with van der Waals surface area (Å²) in [5, 5.41) is 0. The second kappa shape index (κ2) is 5.57. The first-order valence-electron chi connectivity index (χ1n) is 3.02. The van der Waals surface area contributed by atoms with Crippen LogP contribution in [-0.2, 0) is 14.0 Å². The van der Waals surface area contributed by atoms with Gasteiger partial charge < -0.3 is 8.77 Å². The molecule has 13 heavy (non-hydrogen) atoms. The van der Waals surface area contributed by atoms with Gasteiger partial charge in [0.15, 0.2) is 10.5 Å². The molecular formula is C4H12F3NO3SSi. The Labute approximate surface area is 78.3 Å². The monoisotopic (exact) mass is 239 g/mol. The molecule has 0 fully saturated rings. The van der Waals surface area contributed by atoms with Gasteiger partial charge in [-0.25, -0.2) is 0 Å². The Bertz CT molecular complexity index is 223.